The molecule has 0 aliphatic rings. The summed E-state index contributed by atoms with van der Waals surface area (Å²) >= 11 is 0. The summed E-state index contributed by atoms with van der Waals surface area (Å²) in [6, 6.07) is 0. The summed E-state index contributed by atoms with van der Waals surface area (Å²) in [6.45, 7) is 8.00. The number of rotatable bonds is 3. The maximum absolute atomic E-state index is 8.00. The summed E-state index contributed by atoms with van der Waals surface area (Å²) in [5.74, 6) is 0. The Morgan fingerprint density at radius 1 is 0.625 bits per heavy atom. The van der Waals surface area contributed by atoms with Gasteiger partial charge in [-0.2, -0.15) is 0 Å². The molecule has 0 aliphatic carbocycles. The van der Waals surface area contributed by atoms with E-state index in [1.807, 2.05) is 27.2 Å². The predicted octanol–water partition coefficient (Wildman–Crippen LogP) is 0.410. The minimum Gasteiger partial charge on any atom is -0.316 e. The molecule has 100 valence electrons. The van der Waals surface area contributed by atoms with E-state index in [9.17, 15) is 0 Å². The second kappa shape index (κ2) is 85.9. The molecule has 0 saturated carbocycles. The zero-order valence-electron chi connectivity index (χ0n) is 9.49. The van der Waals surface area contributed by atoms with E-state index in [1.54, 1.807) is 21.3 Å². The van der Waals surface area contributed by atoms with Crippen molar-refractivity contribution in [1.82, 2.24) is 0 Å². The predicted molar refractivity (Wildman–Crippen MR) is 56.4 cm³/mol. The Kier molecular flexibility index (Phi) is 194. The second-order valence-corrected chi connectivity index (χ2v) is 2.31. The average molecular weight is 345 g/mol. The van der Waals surface area contributed by atoms with Crippen molar-refractivity contribution in [2.24, 2.45) is 0 Å². The van der Waals surface area contributed by atoms with E-state index in [2.05, 4.69) is 13.6 Å². The molecule has 0 fully saturated rings. The normalized spacial score (nSPS) is 5.50. The van der Waals surface area contributed by atoms with Crippen LogP contribution < -0.4 is 0 Å². The monoisotopic (exact) mass is 346 g/mol. The first-order valence-electron chi connectivity index (χ1n) is 2.93. The molecule has 0 radical (unpaired) electrons. The van der Waals surface area contributed by atoms with Gasteiger partial charge in [0.1, 0.15) is 27.2 Å². The Labute approximate surface area is 110 Å². The van der Waals surface area contributed by atoms with Gasteiger partial charge in [0.2, 0.25) is 0 Å². The molecule has 0 aromatic carbocycles. The number of hydrogen-bond donors (Lipinski definition) is 0. The topological polar surface area (TPSA) is 96.0 Å². The van der Waals surface area contributed by atoms with Crippen LogP contribution in [0.15, 0.2) is 0 Å². The summed E-state index contributed by atoms with van der Waals surface area (Å²) in [6.07, 6.45) is 0. The fraction of sp³-hybridized carbons (Fsp3) is 0.429. The quantitative estimate of drug-likeness (QED) is 0.540. The minimum absolute atomic E-state index is 0. The molecule has 16 heavy (non-hydrogen) atoms. The van der Waals surface area contributed by atoms with E-state index in [-0.39, 0.29) is 19.5 Å². The van der Waals surface area contributed by atoms with Crippen molar-refractivity contribution in [2.75, 3.05) is 21.3 Å². The van der Waals surface area contributed by atoms with Crippen LogP contribution in [0, 0.1) is 0 Å². The molecule has 0 bridgehead atoms. The van der Waals surface area contributed by atoms with E-state index >= 15 is 0 Å². The number of hydrogen-bond acceptors (Lipinski definition) is 7. The molecule has 0 aromatic rings. The van der Waals surface area contributed by atoms with Crippen molar-refractivity contribution < 1.29 is 52.2 Å². The third-order valence-electron chi connectivity index (χ3n) is 0.447. The Hall–Kier alpha value is -0.387. The van der Waals surface area contributed by atoms with E-state index < -0.39 is 8.60 Å². The molecule has 0 rings (SSSR count). The molecule has 0 amide bonds. The van der Waals surface area contributed by atoms with Gasteiger partial charge in [-0.15, -0.1) is 0 Å². The molecular formula is C7H17O7PRu. The van der Waals surface area contributed by atoms with Crippen molar-refractivity contribution in [3.05, 3.63) is 0 Å². The summed E-state index contributed by atoms with van der Waals surface area (Å²) in [7, 11) is 3.57. The first-order chi connectivity index (χ1) is 7.35. The fourth-order valence-electron chi connectivity index (χ4n) is 0.224. The van der Waals surface area contributed by atoms with Gasteiger partial charge in [-0.25, -0.2) is 0 Å². The molecule has 0 spiro atoms. The standard InChI is InChI=1S/C3H9O3P.4CH2O.Ru/c1-4-7(5-2)6-3;4*1-2;/h1-3H3;4*1H2;. The van der Waals surface area contributed by atoms with Crippen LogP contribution in [0.5, 0.6) is 0 Å². The van der Waals surface area contributed by atoms with Crippen LogP contribution in [0.2, 0.25) is 0 Å². The smallest absolute Gasteiger partial charge is 0.316 e. The van der Waals surface area contributed by atoms with Gasteiger partial charge in [-0.3, -0.25) is 0 Å². The summed E-state index contributed by atoms with van der Waals surface area (Å²) in [4.78, 5) is 32.0. The zero-order chi connectivity index (χ0) is 13.7. The number of carbonyl (C=O) groups is 4. The van der Waals surface area contributed by atoms with Gasteiger partial charge in [-0.1, -0.05) is 0 Å². The van der Waals surface area contributed by atoms with Gasteiger partial charge in [0, 0.05) is 40.8 Å². The van der Waals surface area contributed by atoms with Crippen molar-refractivity contribution in [2.45, 2.75) is 0 Å². The second-order valence-electron chi connectivity index (χ2n) is 0.771. The van der Waals surface area contributed by atoms with Gasteiger partial charge in [-0.05, 0) is 0 Å². The van der Waals surface area contributed by atoms with Gasteiger partial charge in [0.15, 0.2) is 0 Å². The van der Waals surface area contributed by atoms with Crippen LogP contribution >= 0.6 is 8.60 Å². The van der Waals surface area contributed by atoms with Crippen molar-refractivity contribution in [1.29, 1.82) is 0 Å². The average Bonchev–Trinajstić information content (AvgIpc) is 2.41. The number of carbonyl (C=O) groups excluding carboxylic acids is 4. The molecular weight excluding hydrogens is 328 g/mol. The van der Waals surface area contributed by atoms with E-state index in [0.717, 1.165) is 0 Å². The van der Waals surface area contributed by atoms with E-state index in [0.29, 0.717) is 0 Å². The van der Waals surface area contributed by atoms with Crippen LogP contribution in [-0.4, -0.2) is 48.5 Å². The van der Waals surface area contributed by atoms with Crippen LogP contribution in [0.4, 0.5) is 0 Å². The first kappa shape index (κ1) is 36.1. The summed E-state index contributed by atoms with van der Waals surface area (Å²) in [5, 5.41) is 0. The van der Waals surface area contributed by atoms with Crippen LogP contribution in [-0.2, 0) is 52.2 Å². The third-order valence-corrected chi connectivity index (χ3v) is 1.34. The van der Waals surface area contributed by atoms with E-state index in [1.165, 1.54) is 0 Å². The van der Waals surface area contributed by atoms with Gasteiger partial charge >= 0.3 is 8.60 Å². The zero-order valence-corrected chi connectivity index (χ0v) is 12.1. The maximum atomic E-state index is 8.00. The Balaban J connectivity index is -0.0000000238. The Bertz CT molecular complexity index is 73.6. The molecule has 0 aliphatic heterocycles. The maximum Gasteiger partial charge on any atom is 0.331 e. The van der Waals surface area contributed by atoms with Crippen LogP contribution in [0.25, 0.3) is 0 Å². The minimum atomic E-state index is -1.05. The molecule has 0 N–H and O–H groups in total. The van der Waals surface area contributed by atoms with Gasteiger partial charge in [0.25, 0.3) is 0 Å². The van der Waals surface area contributed by atoms with Crippen molar-refractivity contribution in [3.8, 4) is 0 Å². The van der Waals surface area contributed by atoms with Crippen molar-refractivity contribution in [3.63, 3.8) is 0 Å². The fourth-order valence-corrected chi connectivity index (χ4v) is 0.671. The summed E-state index contributed by atoms with van der Waals surface area (Å²) in [5.41, 5.74) is 0. The molecule has 0 heterocycles. The molecule has 7 nitrogen and oxygen atoms in total. The molecule has 0 aromatic heterocycles. The van der Waals surface area contributed by atoms with Gasteiger partial charge < -0.3 is 32.7 Å². The Morgan fingerprint density at radius 2 is 0.750 bits per heavy atom. The molecule has 0 unspecified atom stereocenters. The molecule has 9 heteroatoms. The SMILES string of the molecule is C=O.C=O.C=O.C=O.COP(OC)OC.[Ru]. The molecule has 0 atom stereocenters. The van der Waals surface area contributed by atoms with Gasteiger partial charge in [0.05, 0.1) is 0 Å². The Morgan fingerprint density at radius 3 is 0.750 bits per heavy atom. The van der Waals surface area contributed by atoms with Crippen molar-refractivity contribution >= 4 is 35.8 Å². The van der Waals surface area contributed by atoms with E-state index in [4.69, 9.17) is 19.2 Å². The summed E-state index contributed by atoms with van der Waals surface area (Å²) < 4.78 is 14.0. The van der Waals surface area contributed by atoms with Crippen LogP contribution in [0.3, 0.4) is 0 Å². The largest absolute Gasteiger partial charge is 0.331 e. The molecule has 0 saturated heterocycles. The third kappa shape index (κ3) is 68.7. The first-order valence-corrected chi connectivity index (χ1v) is 4.02. The van der Waals surface area contributed by atoms with Crippen LogP contribution in [0.1, 0.15) is 0 Å².